The fraction of sp³-hybridized carbons (Fsp3) is 1.00. The molecule has 0 spiro atoms. The molecule has 0 radical (unpaired) electrons. The number of rotatable bonds is 3. The van der Waals surface area contributed by atoms with Crippen LogP contribution < -0.4 is 0 Å². The zero-order valence-electron chi connectivity index (χ0n) is 8.58. The average molecular weight is 183 g/mol. The van der Waals surface area contributed by atoms with Crippen LogP contribution in [0.1, 0.15) is 32.6 Å². The molecule has 2 nitrogen and oxygen atoms in total. The van der Waals surface area contributed by atoms with E-state index in [1.54, 1.807) is 0 Å². The second kappa shape index (κ2) is 3.97. The van der Waals surface area contributed by atoms with Crippen molar-refractivity contribution in [3.8, 4) is 0 Å². The SMILES string of the molecule is CCC1CCN(C2CC2CO)CC1. The van der Waals surface area contributed by atoms with Gasteiger partial charge in [-0.15, -0.1) is 0 Å². The molecule has 0 aromatic heterocycles. The molecule has 1 saturated heterocycles. The maximum absolute atomic E-state index is 8.98. The number of hydrogen-bond acceptors (Lipinski definition) is 2. The summed E-state index contributed by atoms with van der Waals surface area (Å²) in [6, 6.07) is 0.739. The summed E-state index contributed by atoms with van der Waals surface area (Å²) in [5.74, 6) is 1.58. The molecular formula is C11H21NO. The fourth-order valence-corrected chi connectivity index (χ4v) is 2.57. The van der Waals surface area contributed by atoms with Crippen LogP contribution in [0.25, 0.3) is 0 Å². The summed E-state index contributed by atoms with van der Waals surface area (Å²) in [5.41, 5.74) is 0. The summed E-state index contributed by atoms with van der Waals surface area (Å²) in [6.07, 6.45) is 5.35. The van der Waals surface area contributed by atoms with E-state index in [1.165, 1.54) is 38.8 Å². The lowest BCUT2D eigenvalue weighted by atomic mass is 9.94. The first-order valence-electron chi connectivity index (χ1n) is 5.70. The van der Waals surface area contributed by atoms with Gasteiger partial charge in [-0.1, -0.05) is 13.3 Å². The Morgan fingerprint density at radius 2 is 2.00 bits per heavy atom. The minimum absolute atomic E-state index is 0.401. The Kier molecular flexibility index (Phi) is 2.89. The van der Waals surface area contributed by atoms with Gasteiger partial charge in [0.15, 0.2) is 0 Å². The highest BCUT2D eigenvalue weighted by molar-refractivity contribution is 4.95. The number of hydrogen-bond donors (Lipinski definition) is 1. The Balaban J connectivity index is 1.73. The predicted molar refractivity (Wildman–Crippen MR) is 53.6 cm³/mol. The first-order valence-corrected chi connectivity index (χ1v) is 5.70. The maximum Gasteiger partial charge on any atom is 0.0474 e. The second-order valence-corrected chi connectivity index (χ2v) is 4.63. The highest BCUT2D eigenvalue weighted by atomic mass is 16.3. The number of aliphatic hydroxyl groups is 1. The molecule has 0 amide bonds. The van der Waals surface area contributed by atoms with Gasteiger partial charge in [0, 0.05) is 12.6 Å². The van der Waals surface area contributed by atoms with Crippen LogP contribution in [0.4, 0.5) is 0 Å². The van der Waals surface area contributed by atoms with Gasteiger partial charge in [-0.25, -0.2) is 0 Å². The summed E-state index contributed by atoms with van der Waals surface area (Å²) < 4.78 is 0. The second-order valence-electron chi connectivity index (χ2n) is 4.63. The van der Waals surface area contributed by atoms with Crippen LogP contribution in [0.15, 0.2) is 0 Å². The van der Waals surface area contributed by atoms with E-state index in [0.29, 0.717) is 12.5 Å². The van der Waals surface area contributed by atoms with E-state index in [4.69, 9.17) is 5.11 Å². The monoisotopic (exact) mass is 183 g/mol. The number of piperidine rings is 1. The minimum atomic E-state index is 0.401. The zero-order chi connectivity index (χ0) is 9.26. The molecule has 1 heterocycles. The topological polar surface area (TPSA) is 23.5 Å². The van der Waals surface area contributed by atoms with Crippen molar-refractivity contribution in [2.45, 2.75) is 38.6 Å². The maximum atomic E-state index is 8.98. The summed E-state index contributed by atoms with van der Waals surface area (Å²) in [6.45, 7) is 5.26. The normalized spacial score (nSPS) is 36.5. The van der Waals surface area contributed by atoms with Gasteiger partial charge in [0.2, 0.25) is 0 Å². The molecule has 0 bridgehead atoms. The van der Waals surface area contributed by atoms with Gasteiger partial charge in [-0.2, -0.15) is 0 Å². The van der Waals surface area contributed by atoms with Crippen molar-refractivity contribution in [3.63, 3.8) is 0 Å². The molecule has 2 atom stereocenters. The van der Waals surface area contributed by atoms with Crippen molar-refractivity contribution in [1.29, 1.82) is 0 Å². The van der Waals surface area contributed by atoms with E-state index in [1.807, 2.05) is 0 Å². The van der Waals surface area contributed by atoms with Crippen molar-refractivity contribution in [1.82, 2.24) is 4.90 Å². The number of likely N-dealkylation sites (tertiary alicyclic amines) is 1. The van der Waals surface area contributed by atoms with Crippen molar-refractivity contribution >= 4 is 0 Å². The molecule has 2 rings (SSSR count). The highest BCUT2D eigenvalue weighted by Crippen LogP contribution is 2.37. The summed E-state index contributed by atoms with van der Waals surface area (Å²) in [5, 5.41) is 8.98. The molecule has 2 unspecified atom stereocenters. The Labute approximate surface area is 80.9 Å². The van der Waals surface area contributed by atoms with E-state index in [0.717, 1.165) is 12.0 Å². The van der Waals surface area contributed by atoms with Gasteiger partial charge >= 0.3 is 0 Å². The smallest absolute Gasteiger partial charge is 0.0474 e. The van der Waals surface area contributed by atoms with Gasteiger partial charge in [-0.3, -0.25) is 4.90 Å². The molecule has 0 aromatic rings. The van der Waals surface area contributed by atoms with Crippen LogP contribution >= 0.6 is 0 Å². The molecule has 2 heteroatoms. The van der Waals surface area contributed by atoms with Crippen molar-refractivity contribution in [2.24, 2.45) is 11.8 Å². The Morgan fingerprint density at radius 3 is 2.46 bits per heavy atom. The summed E-state index contributed by atoms with van der Waals surface area (Å²) >= 11 is 0. The quantitative estimate of drug-likeness (QED) is 0.716. The largest absolute Gasteiger partial charge is 0.396 e. The van der Waals surface area contributed by atoms with Crippen LogP contribution in [0, 0.1) is 11.8 Å². The third-order valence-corrected chi connectivity index (χ3v) is 3.82. The van der Waals surface area contributed by atoms with Gasteiger partial charge in [0.05, 0.1) is 0 Å². The number of nitrogens with zero attached hydrogens (tertiary/aromatic N) is 1. The Hall–Kier alpha value is -0.0800. The van der Waals surface area contributed by atoms with E-state index < -0.39 is 0 Å². The van der Waals surface area contributed by atoms with Crippen molar-refractivity contribution in [3.05, 3.63) is 0 Å². The van der Waals surface area contributed by atoms with Crippen LogP contribution in [0.2, 0.25) is 0 Å². The number of aliphatic hydroxyl groups excluding tert-OH is 1. The Morgan fingerprint density at radius 1 is 1.31 bits per heavy atom. The molecule has 76 valence electrons. The van der Waals surface area contributed by atoms with E-state index in [9.17, 15) is 0 Å². The molecule has 2 aliphatic rings. The molecule has 13 heavy (non-hydrogen) atoms. The fourth-order valence-electron chi connectivity index (χ4n) is 2.57. The molecule has 1 aliphatic carbocycles. The lowest BCUT2D eigenvalue weighted by Gasteiger charge is -2.31. The Bertz CT molecular complexity index is 163. The van der Waals surface area contributed by atoms with E-state index in [2.05, 4.69) is 11.8 Å². The standard InChI is InChI=1S/C11H21NO/c1-2-9-3-5-12(6-4-9)11-7-10(11)8-13/h9-11,13H,2-8H2,1H3. The van der Waals surface area contributed by atoms with E-state index >= 15 is 0 Å². The molecule has 1 N–H and O–H groups in total. The van der Waals surface area contributed by atoms with Gasteiger partial charge in [-0.05, 0) is 44.2 Å². The first-order chi connectivity index (χ1) is 6.35. The summed E-state index contributed by atoms with van der Waals surface area (Å²) in [7, 11) is 0. The van der Waals surface area contributed by atoms with Crippen molar-refractivity contribution < 1.29 is 5.11 Å². The molecule has 1 saturated carbocycles. The lowest BCUT2D eigenvalue weighted by Crippen LogP contribution is -2.36. The van der Waals surface area contributed by atoms with Crippen LogP contribution in [-0.4, -0.2) is 35.7 Å². The van der Waals surface area contributed by atoms with Crippen LogP contribution in [0.3, 0.4) is 0 Å². The lowest BCUT2D eigenvalue weighted by molar-refractivity contribution is 0.156. The van der Waals surface area contributed by atoms with Gasteiger partial charge in [0.1, 0.15) is 0 Å². The van der Waals surface area contributed by atoms with E-state index in [-0.39, 0.29) is 0 Å². The summed E-state index contributed by atoms with van der Waals surface area (Å²) in [4.78, 5) is 2.59. The van der Waals surface area contributed by atoms with Crippen LogP contribution in [0.5, 0.6) is 0 Å². The minimum Gasteiger partial charge on any atom is -0.396 e. The average Bonchev–Trinajstić information content (AvgIpc) is 2.97. The van der Waals surface area contributed by atoms with Crippen LogP contribution in [-0.2, 0) is 0 Å². The zero-order valence-corrected chi connectivity index (χ0v) is 8.58. The molecule has 2 fully saturated rings. The molecule has 0 aromatic carbocycles. The molecule has 1 aliphatic heterocycles. The predicted octanol–water partition coefficient (Wildman–Crippen LogP) is 1.49. The third-order valence-electron chi connectivity index (χ3n) is 3.82. The van der Waals surface area contributed by atoms with Gasteiger partial charge in [0.25, 0.3) is 0 Å². The van der Waals surface area contributed by atoms with Crippen molar-refractivity contribution in [2.75, 3.05) is 19.7 Å². The van der Waals surface area contributed by atoms with Gasteiger partial charge < -0.3 is 5.11 Å². The third kappa shape index (κ3) is 2.05. The first kappa shape index (κ1) is 9.47. The molecular weight excluding hydrogens is 162 g/mol. The highest BCUT2D eigenvalue weighted by Gasteiger charge is 2.41.